The topological polar surface area (TPSA) is 84.9 Å². The number of anilines is 1. The number of carbonyl (C=O) groups excluding carboxylic acids is 3. The van der Waals surface area contributed by atoms with E-state index in [-0.39, 0.29) is 40.4 Å². The van der Waals surface area contributed by atoms with Gasteiger partial charge >= 0.3 is 0 Å². The van der Waals surface area contributed by atoms with E-state index >= 15 is 0 Å². The van der Waals surface area contributed by atoms with Gasteiger partial charge in [-0.05, 0) is 76.4 Å². The number of ether oxygens (including phenoxy) is 2. The second kappa shape index (κ2) is 11.6. The highest BCUT2D eigenvalue weighted by molar-refractivity contribution is 9.10. The summed E-state index contributed by atoms with van der Waals surface area (Å²) in [5.41, 5.74) is 3.77. The molecule has 1 heterocycles. The number of halogens is 2. The third-order valence-corrected chi connectivity index (χ3v) is 9.01. The van der Waals surface area contributed by atoms with Gasteiger partial charge in [0.2, 0.25) is 0 Å². The standard InChI is InChI=1S/C34H38BrFN2O5/c1-7-38-23-14-33(2,3)16-25(39)30(23)29(31-24(38)15-34(4,5)17-26(31)40)19-12-20(35)32(27(13-19)42-6)43-18-28(41)37-22-11-9-8-10-21(22)36/h8-13,29H,7,14-18H2,1-6H3,(H,37,41). The minimum absolute atomic E-state index is 0.0547. The number of nitrogens with one attached hydrogen (secondary N) is 1. The van der Waals surface area contributed by atoms with Crippen LogP contribution in [0.5, 0.6) is 11.5 Å². The molecule has 0 spiro atoms. The van der Waals surface area contributed by atoms with Crippen molar-refractivity contribution in [3.05, 3.63) is 74.8 Å². The summed E-state index contributed by atoms with van der Waals surface area (Å²) < 4.78 is 26.1. The van der Waals surface area contributed by atoms with Crippen molar-refractivity contribution >= 4 is 39.1 Å². The lowest BCUT2D eigenvalue weighted by molar-refractivity contribution is -0.120. The van der Waals surface area contributed by atoms with E-state index in [1.807, 2.05) is 6.07 Å². The van der Waals surface area contributed by atoms with Gasteiger partial charge in [-0.25, -0.2) is 4.39 Å². The molecule has 0 atom stereocenters. The summed E-state index contributed by atoms with van der Waals surface area (Å²) in [6.45, 7) is 10.8. The Labute approximate surface area is 260 Å². The number of methoxy groups -OCH3 is 1. The van der Waals surface area contributed by atoms with Crippen LogP contribution in [0.2, 0.25) is 0 Å². The van der Waals surface area contributed by atoms with E-state index in [0.29, 0.717) is 40.8 Å². The molecule has 0 bridgehead atoms. The van der Waals surface area contributed by atoms with Crippen LogP contribution >= 0.6 is 15.9 Å². The largest absolute Gasteiger partial charge is 0.493 e. The monoisotopic (exact) mass is 652 g/mol. The maximum atomic E-state index is 14.0. The molecule has 2 aromatic rings. The average Bonchev–Trinajstić information content (AvgIpc) is 2.91. The average molecular weight is 654 g/mol. The SMILES string of the molecule is CCN1C2=C(C(=O)CC(C)(C)C2)C(c2cc(Br)c(OCC(=O)Nc3ccccc3F)c(OC)c2)C2=C1CC(C)(C)CC2=O. The van der Waals surface area contributed by atoms with E-state index in [4.69, 9.17) is 9.47 Å². The molecule has 3 aliphatic rings. The van der Waals surface area contributed by atoms with Gasteiger partial charge in [0.25, 0.3) is 5.91 Å². The van der Waals surface area contributed by atoms with Gasteiger partial charge < -0.3 is 19.7 Å². The van der Waals surface area contributed by atoms with Gasteiger partial charge in [-0.3, -0.25) is 14.4 Å². The quantitative estimate of drug-likeness (QED) is 0.337. The van der Waals surface area contributed by atoms with Crippen molar-refractivity contribution in [1.82, 2.24) is 4.90 Å². The summed E-state index contributed by atoms with van der Waals surface area (Å²) >= 11 is 3.59. The number of nitrogens with zero attached hydrogens (tertiary/aromatic N) is 1. The van der Waals surface area contributed by atoms with Crippen LogP contribution in [0.15, 0.2) is 63.4 Å². The molecule has 1 aliphatic heterocycles. The number of para-hydroxylation sites is 1. The van der Waals surface area contributed by atoms with Crippen LogP contribution in [0.1, 0.15) is 71.8 Å². The van der Waals surface area contributed by atoms with Gasteiger partial charge in [-0.1, -0.05) is 39.8 Å². The number of carbonyl (C=O) groups is 3. The second-order valence-electron chi connectivity index (χ2n) is 13.1. The van der Waals surface area contributed by atoms with Crippen molar-refractivity contribution in [2.75, 3.05) is 25.6 Å². The maximum absolute atomic E-state index is 14.0. The molecular formula is C34H38BrFN2O5. The van der Waals surface area contributed by atoms with E-state index < -0.39 is 17.6 Å². The molecule has 0 saturated carbocycles. The molecule has 0 saturated heterocycles. The van der Waals surface area contributed by atoms with E-state index in [2.05, 4.69) is 60.8 Å². The van der Waals surface area contributed by atoms with Gasteiger partial charge in [0, 0.05) is 47.8 Å². The molecule has 1 N–H and O–H groups in total. The lowest BCUT2D eigenvalue weighted by Crippen LogP contribution is -2.44. The third kappa shape index (κ3) is 6.01. The van der Waals surface area contributed by atoms with E-state index in [1.165, 1.54) is 19.2 Å². The van der Waals surface area contributed by atoms with E-state index in [0.717, 1.165) is 29.8 Å². The summed E-state index contributed by atoms with van der Waals surface area (Å²) in [5.74, 6) is -0.877. The molecule has 2 aliphatic carbocycles. The second-order valence-corrected chi connectivity index (χ2v) is 14.0. The van der Waals surface area contributed by atoms with E-state index in [9.17, 15) is 18.8 Å². The number of ketones is 2. The van der Waals surface area contributed by atoms with Crippen LogP contribution in [-0.4, -0.2) is 42.6 Å². The van der Waals surface area contributed by atoms with Gasteiger partial charge in [0.1, 0.15) is 5.82 Å². The van der Waals surface area contributed by atoms with Crippen molar-refractivity contribution < 1.29 is 28.2 Å². The molecule has 7 nitrogen and oxygen atoms in total. The molecule has 0 unspecified atom stereocenters. The number of amides is 1. The van der Waals surface area contributed by atoms with Crippen LogP contribution in [0.4, 0.5) is 10.1 Å². The molecule has 2 aromatic carbocycles. The summed E-state index contributed by atoms with van der Waals surface area (Å²) in [7, 11) is 1.50. The Kier molecular flexibility index (Phi) is 8.33. The molecule has 0 fully saturated rings. The lowest BCUT2D eigenvalue weighted by Gasteiger charge is -2.49. The van der Waals surface area contributed by atoms with E-state index in [1.54, 1.807) is 18.2 Å². The Balaban J connectivity index is 1.56. The van der Waals surface area contributed by atoms with Crippen LogP contribution in [0, 0.1) is 16.6 Å². The number of rotatable bonds is 7. The highest BCUT2D eigenvalue weighted by Gasteiger charge is 2.48. The minimum Gasteiger partial charge on any atom is -0.493 e. The smallest absolute Gasteiger partial charge is 0.262 e. The minimum atomic E-state index is -0.545. The van der Waals surface area contributed by atoms with Crippen LogP contribution in [0.25, 0.3) is 0 Å². The zero-order chi connectivity index (χ0) is 31.3. The summed E-state index contributed by atoms with van der Waals surface area (Å²) in [6, 6.07) is 9.52. The molecule has 228 valence electrons. The van der Waals surface area contributed by atoms with Crippen molar-refractivity contribution in [3.63, 3.8) is 0 Å². The number of Topliss-reactive ketones (excluding diaryl/α,β-unsaturated/α-hetero) is 2. The highest BCUT2D eigenvalue weighted by atomic mass is 79.9. The van der Waals surface area contributed by atoms with Crippen molar-refractivity contribution in [2.24, 2.45) is 10.8 Å². The van der Waals surface area contributed by atoms with Gasteiger partial charge in [-0.2, -0.15) is 0 Å². The molecule has 9 heteroatoms. The van der Waals surface area contributed by atoms with Crippen molar-refractivity contribution in [2.45, 2.75) is 66.2 Å². The first-order valence-corrected chi connectivity index (χ1v) is 15.4. The van der Waals surface area contributed by atoms with Crippen LogP contribution < -0.4 is 14.8 Å². The fourth-order valence-electron chi connectivity index (χ4n) is 6.70. The first kappa shape index (κ1) is 31.0. The Morgan fingerprint density at radius 2 is 1.58 bits per heavy atom. The summed E-state index contributed by atoms with van der Waals surface area (Å²) in [5, 5.41) is 2.51. The maximum Gasteiger partial charge on any atom is 0.262 e. The van der Waals surface area contributed by atoms with Gasteiger partial charge in [-0.15, -0.1) is 0 Å². The Morgan fingerprint density at radius 1 is 1.00 bits per heavy atom. The molecule has 1 amide bonds. The normalized spacial score (nSPS) is 19.7. The molecular weight excluding hydrogens is 615 g/mol. The zero-order valence-corrected chi connectivity index (χ0v) is 27.1. The number of benzene rings is 2. The lowest BCUT2D eigenvalue weighted by atomic mass is 9.63. The van der Waals surface area contributed by atoms with Crippen LogP contribution in [0.3, 0.4) is 0 Å². The Hall–Kier alpha value is -3.46. The van der Waals surface area contributed by atoms with Gasteiger partial charge in [0.05, 0.1) is 17.3 Å². The first-order chi connectivity index (χ1) is 20.2. The molecule has 5 rings (SSSR count). The molecule has 43 heavy (non-hydrogen) atoms. The fraction of sp³-hybridized carbons (Fsp3) is 0.441. The zero-order valence-electron chi connectivity index (χ0n) is 25.5. The highest BCUT2D eigenvalue weighted by Crippen LogP contribution is 2.55. The predicted molar refractivity (Wildman–Crippen MR) is 166 cm³/mol. The van der Waals surface area contributed by atoms with Gasteiger partial charge in [0.15, 0.2) is 29.7 Å². The van der Waals surface area contributed by atoms with Crippen molar-refractivity contribution in [3.8, 4) is 11.5 Å². The summed E-state index contributed by atoms with van der Waals surface area (Å²) in [6.07, 6.45) is 2.28. The molecule has 0 radical (unpaired) electrons. The number of hydrogen-bond acceptors (Lipinski definition) is 6. The number of hydrogen-bond donors (Lipinski definition) is 1. The molecule has 0 aromatic heterocycles. The number of allylic oxidation sites excluding steroid dienone is 4. The first-order valence-electron chi connectivity index (χ1n) is 14.6. The predicted octanol–water partition coefficient (Wildman–Crippen LogP) is 7.32. The fourth-order valence-corrected chi connectivity index (χ4v) is 7.27. The third-order valence-electron chi connectivity index (χ3n) is 8.42. The summed E-state index contributed by atoms with van der Waals surface area (Å²) in [4.78, 5) is 42.6. The Morgan fingerprint density at radius 3 is 2.12 bits per heavy atom. The van der Waals surface area contributed by atoms with Crippen molar-refractivity contribution in [1.29, 1.82) is 0 Å². The van der Waals surface area contributed by atoms with Crippen LogP contribution in [-0.2, 0) is 14.4 Å². The Bertz CT molecular complexity index is 1520.